The van der Waals surface area contributed by atoms with Gasteiger partial charge in [-0.1, -0.05) is 20.8 Å². The molecule has 8 nitrogen and oxygen atoms in total. The number of hydrogen-bond donors (Lipinski definition) is 3. The van der Waals surface area contributed by atoms with Crippen molar-refractivity contribution in [2.75, 3.05) is 6.54 Å². The van der Waals surface area contributed by atoms with Gasteiger partial charge in [-0.25, -0.2) is 4.98 Å². The van der Waals surface area contributed by atoms with Crippen LogP contribution in [-0.4, -0.2) is 41.3 Å². The number of carbonyl (C=O) groups is 3. The van der Waals surface area contributed by atoms with Crippen LogP contribution in [-0.2, 0) is 9.59 Å². The third-order valence-electron chi connectivity index (χ3n) is 4.45. The molecule has 1 aliphatic rings. The summed E-state index contributed by atoms with van der Waals surface area (Å²) in [6, 6.07) is 0.459. The average molecular weight is 406 g/mol. The zero-order chi connectivity index (χ0) is 20.9. The van der Waals surface area contributed by atoms with E-state index < -0.39 is 23.9 Å². The minimum Gasteiger partial charge on any atom is -0.356 e. The average Bonchev–Trinajstić information content (AvgIpc) is 3.21. The van der Waals surface area contributed by atoms with Crippen molar-refractivity contribution in [1.29, 1.82) is 5.26 Å². The van der Waals surface area contributed by atoms with E-state index in [1.807, 2.05) is 20.8 Å². The van der Waals surface area contributed by atoms with E-state index in [-0.39, 0.29) is 29.4 Å². The second-order valence-electron chi connectivity index (χ2n) is 8.25. The Morgan fingerprint density at radius 1 is 1.43 bits per heavy atom. The molecule has 1 aliphatic heterocycles. The smallest absolute Gasteiger partial charge is 0.271 e. The van der Waals surface area contributed by atoms with E-state index in [1.165, 1.54) is 11.3 Å². The van der Waals surface area contributed by atoms with E-state index in [9.17, 15) is 19.6 Å². The Hall–Kier alpha value is -2.47. The summed E-state index contributed by atoms with van der Waals surface area (Å²) in [6.07, 6.45) is 1.31. The van der Waals surface area contributed by atoms with Crippen molar-refractivity contribution < 1.29 is 14.4 Å². The third kappa shape index (κ3) is 6.30. The van der Waals surface area contributed by atoms with Gasteiger partial charge in [0.25, 0.3) is 5.91 Å². The maximum atomic E-state index is 12.8. The van der Waals surface area contributed by atoms with E-state index in [4.69, 9.17) is 0 Å². The number of aryl methyl sites for hydroxylation is 1. The van der Waals surface area contributed by atoms with E-state index in [0.29, 0.717) is 19.4 Å². The topological polar surface area (TPSA) is 124 Å². The number of nitriles is 1. The van der Waals surface area contributed by atoms with Crippen LogP contribution in [0.1, 0.15) is 55.5 Å². The minimum atomic E-state index is -0.803. The first-order valence-electron chi connectivity index (χ1n) is 9.30. The van der Waals surface area contributed by atoms with Crippen LogP contribution in [0.15, 0.2) is 5.38 Å². The molecule has 1 fully saturated rings. The molecule has 152 valence electrons. The fraction of sp³-hybridized carbons (Fsp3) is 0.632. The summed E-state index contributed by atoms with van der Waals surface area (Å²) >= 11 is 1.36. The molecule has 28 heavy (non-hydrogen) atoms. The van der Waals surface area contributed by atoms with Crippen molar-refractivity contribution in [3.8, 4) is 6.07 Å². The summed E-state index contributed by atoms with van der Waals surface area (Å²) in [5, 5.41) is 20.0. The summed E-state index contributed by atoms with van der Waals surface area (Å²) in [5.41, 5.74) is 0.0504. The van der Waals surface area contributed by atoms with Crippen molar-refractivity contribution in [2.45, 2.75) is 59.0 Å². The highest BCUT2D eigenvalue weighted by Crippen LogP contribution is 2.22. The highest BCUT2D eigenvalue weighted by atomic mass is 32.1. The number of amides is 3. The largest absolute Gasteiger partial charge is 0.356 e. The Balaban J connectivity index is 2.06. The Morgan fingerprint density at radius 2 is 2.14 bits per heavy atom. The van der Waals surface area contributed by atoms with Gasteiger partial charge in [-0.2, -0.15) is 5.26 Å². The molecular formula is C19H27N5O3S. The van der Waals surface area contributed by atoms with Gasteiger partial charge in [0.1, 0.15) is 17.8 Å². The van der Waals surface area contributed by atoms with Crippen LogP contribution in [0.5, 0.6) is 0 Å². The summed E-state index contributed by atoms with van der Waals surface area (Å²) in [5.74, 6) is -1.22. The summed E-state index contributed by atoms with van der Waals surface area (Å²) in [7, 11) is 0. The lowest BCUT2D eigenvalue weighted by Crippen LogP contribution is -2.51. The lowest BCUT2D eigenvalue weighted by molar-refractivity contribution is -0.125. The van der Waals surface area contributed by atoms with Crippen molar-refractivity contribution in [3.05, 3.63) is 16.1 Å². The van der Waals surface area contributed by atoms with Crippen molar-refractivity contribution >= 4 is 29.1 Å². The first kappa shape index (κ1) is 21.8. The molecule has 1 aromatic heterocycles. The standard InChI is InChI=1S/C19H27N5O3S/c1-11-22-15(10-28-11)18(27)24-14(8-19(2,3)4)17(26)23-13(9-20)7-12-5-6-21-16(12)25/h10,12-14H,5-8H2,1-4H3,(H,21,25)(H,23,26)(H,24,27)/t12-,13-,14-/m0/s1. The van der Waals surface area contributed by atoms with Gasteiger partial charge in [0.05, 0.1) is 11.1 Å². The first-order chi connectivity index (χ1) is 13.1. The van der Waals surface area contributed by atoms with Crippen LogP contribution in [0.4, 0.5) is 0 Å². The predicted molar refractivity (Wildman–Crippen MR) is 105 cm³/mol. The van der Waals surface area contributed by atoms with E-state index in [1.54, 1.807) is 12.3 Å². The van der Waals surface area contributed by atoms with Crippen LogP contribution in [0.25, 0.3) is 0 Å². The molecule has 3 N–H and O–H groups in total. The molecule has 2 rings (SSSR count). The first-order valence-corrected chi connectivity index (χ1v) is 10.2. The highest BCUT2D eigenvalue weighted by molar-refractivity contribution is 7.09. The Labute approximate surface area is 169 Å². The molecule has 0 unspecified atom stereocenters. The number of carbonyl (C=O) groups excluding carboxylic acids is 3. The second-order valence-corrected chi connectivity index (χ2v) is 9.31. The minimum absolute atomic E-state index is 0.0899. The molecule has 1 aromatic rings. The normalized spacial score (nSPS) is 18.7. The maximum Gasteiger partial charge on any atom is 0.271 e. The monoisotopic (exact) mass is 405 g/mol. The summed E-state index contributed by atoms with van der Waals surface area (Å²) in [6.45, 7) is 8.30. The van der Waals surface area contributed by atoms with Gasteiger partial charge in [0.2, 0.25) is 11.8 Å². The molecule has 9 heteroatoms. The fourth-order valence-electron chi connectivity index (χ4n) is 3.09. The van der Waals surface area contributed by atoms with Gasteiger partial charge in [-0.05, 0) is 31.6 Å². The molecule has 2 heterocycles. The third-order valence-corrected chi connectivity index (χ3v) is 5.22. The van der Waals surface area contributed by atoms with Gasteiger partial charge < -0.3 is 16.0 Å². The lowest BCUT2D eigenvalue weighted by Gasteiger charge is -2.27. The van der Waals surface area contributed by atoms with Gasteiger partial charge >= 0.3 is 0 Å². The fourth-order valence-corrected chi connectivity index (χ4v) is 3.69. The Bertz CT molecular complexity index is 777. The van der Waals surface area contributed by atoms with Crippen LogP contribution >= 0.6 is 11.3 Å². The van der Waals surface area contributed by atoms with Crippen LogP contribution in [0.3, 0.4) is 0 Å². The highest BCUT2D eigenvalue weighted by Gasteiger charge is 2.31. The van der Waals surface area contributed by atoms with Gasteiger partial charge in [0.15, 0.2) is 0 Å². The van der Waals surface area contributed by atoms with Gasteiger partial charge in [-0.3, -0.25) is 14.4 Å². The summed E-state index contributed by atoms with van der Waals surface area (Å²) < 4.78 is 0. The van der Waals surface area contributed by atoms with Gasteiger partial charge in [-0.15, -0.1) is 11.3 Å². The van der Waals surface area contributed by atoms with Crippen LogP contribution in [0.2, 0.25) is 0 Å². The number of rotatable bonds is 7. The van der Waals surface area contributed by atoms with E-state index in [2.05, 4.69) is 27.0 Å². The van der Waals surface area contributed by atoms with Crippen LogP contribution in [0, 0.1) is 29.6 Å². The molecule has 3 amide bonds. The van der Waals surface area contributed by atoms with E-state index in [0.717, 1.165) is 5.01 Å². The zero-order valence-corrected chi connectivity index (χ0v) is 17.5. The molecule has 1 saturated heterocycles. The number of aromatic nitrogens is 1. The van der Waals surface area contributed by atoms with Crippen molar-refractivity contribution in [1.82, 2.24) is 20.9 Å². The quantitative estimate of drug-likeness (QED) is 0.634. The molecule has 0 aliphatic carbocycles. The predicted octanol–water partition coefficient (Wildman–Crippen LogP) is 1.52. The number of nitrogens with one attached hydrogen (secondary N) is 3. The SMILES string of the molecule is Cc1nc(C(=O)N[C@@H](CC(C)(C)C)C(=O)N[C@H](C#N)C[C@@H]2CCNC2=O)cs1. The zero-order valence-electron chi connectivity index (χ0n) is 16.7. The van der Waals surface area contributed by atoms with Gasteiger partial charge in [0, 0.05) is 17.8 Å². The molecule has 0 spiro atoms. The molecule has 0 radical (unpaired) electrons. The Kier molecular flexibility index (Phi) is 7.13. The molecule has 0 bridgehead atoms. The lowest BCUT2D eigenvalue weighted by atomic mass is 9.87. The van der Waals surface area contributed by atoms with Crippen LogP contribution < -0.4 is 16.0 Å². The molecule has 3 atom stereocenters. The summed E-state index contributed by atoms with van der Waals surface area (Å²) in [4.78, 5) is 41.2. The van der Waals surface area contributed by atoms with E-state index >= 15 is 0 Å². The molecule has 0 saturated carbocycles. The Morgan fingerprint density at radius 3 is 2.64 bits per heavy atom. The molecule has 0 aromatic carbocycles. The maximum absolute atomic E-state index is 12.8. The number of nitrogens with zero attached hydrogens (tertiary/aromatic N) is 2. The van der Waals surface area contributed by atoms with Crippen molar-refractivity contribution in [3.63, 3.8) is 0 Å². The number of hydrogen-bond acceptors (Lipinski definition) is 6. The second kappa shape index (κ2) is 9.15. The number of thiazole rings is 1. The molecular weight excluding hydrogens is 378 g/mol. The van der Waals surface area contributed by atoms with Crippen molar-refractivity contribution in [2.24, 2.45) is 11.3 Å².